The fraction of sp³-hybridized carbons (Fsp3) is 0.700. The van der Waals surface area contributed by atoms with Gasteiger partial charge in [0.1, 0.15) is 0 Å². The third kappa shape index (κ3) is 3.89. The van der Waals surface area contributed by atoms with Crippen molar-refractivity contribution < 1.29 is 9.53 Å². The van der Waals surface area contributed by atoms with Gasteiger partial charge in [0, 0.05) is 19.2 Å². The summed E-state index contributed by atoms with van der Waals surface area (Å²) < 4.78 is 4.99. The lowest BCUT2D eigenvalue weighted by atomic mass is 10.2. The van der Waals surface area contributed by atoms with Crippen molar-refractivity contribution in [3.05, 3.63) is 12.7 Å². The number of nitrogens with zero attached hydrogens (tertiary/aromatic N) is 1. The molecule has 0 spiro atoms. The van der Waals surface area contributed by atoms with Gasteiger partial charge < -0.3 is 4.74 Å². The van der Waals surface area contributed by atoms with Crippen LogP contribution in [0.25, 0.3) is 0 Å². The Labute approximate surface area is 84.9 Å². The van der Waals surface area contributed by atoms with Crippen molar-refractivity contribution in [1.29, 1.82) is 0 Å². The van der Waals surface area contributed by atoms with Crippen LogP contribution in [0.2, 0.25) is 0 Å². The van der Waals surface area contributed by atoms with Crippen LogP contribution in [0.5, 0.6) is 0 Å². The SMILES string of the molecule is C=CC(=O)OC(C)NN1CCCCC1. The van der Waals surface area contributed by atoms with Gasteiger partial charge in [-0.2, -0.15) is 0 Å². The molecule has 1 heterocycles. The molecule has 1 saturated heterocycles. The van der Waals surface area contributed by atoms with E-state index in [0.717, 1.165) is 13.1 Å². The van der Waals surface area contributed by atoms with Crippen LogP contribution in [-0.2, 0) is 9.53 Å². The largest absolute Gasteiger partial charge is 0.442 e. The summed E-state index contributed by atoms with van der Waals surface area (Å²) in [6.45, 7) is 7.21. The number of ether oxygens (including phenoxy) is 1. The minimum absolute atomic E-state index is 0.279. The highest BCUT2D eigenvalue weighted by Crippen LogP contribution is 2.06. The zero-order valence-corrected chi connectivity index (χ0v) is 8.66. The van der Waals surface area contributed by atoms with E-state index in [-0.39, 0.29) is 12.2 Å². The van der Waals surface area contributed by atoms with Crippen molar-refractivity contribution in [2.45, 2.75) is 32.4 Å². The molecule has 0 aromatic heterocycles. The lowest BCUT2D eigenvalue weighted by Crippen LogP contribution is -2.47. The van der Waals surface area contributed by atoms with Crippen LogP contribution in [-0.4, -0.2) is 30.3 Å². The summed E-state index contributed by atoms with van der Waals surface area (Å²) in [6.07, 6.45) is 4.59. The lowest BCUT2D eigenvalue weighted by Gasteiger charge is -2.29. The summed E-state index contributed by atoms with van der Waals surface area (Å²) in [7, 11) is 0. The van der Waals surface area contributed by atoms with E-state index in [1.807, 2.05) is 6.92 Å². The summed E-state index contributed by atoms with van der Waals surface area (Å²) in [5.41, 5.74) is 3.13. The molecule has 0 aromatic rings. The molecule has 1 aliphatic heterocycles. The highest BCUT2D eigenvalue weighted by molar-refractivity contribution is 5.81. The molecule has 14 heavy (non-hydrogen) atoms. The van der Waals surface area contributed by atoms with Gasteiger partial charge in [0.25, 0.3) is 0 Å². The second-order valence-electron chi connectivity index (χ2n) is 3.46. The van der Waals surface area contributed by atoms with Crippen LogP contribution in [0.15, 0.2) is 12.7 Å². The first-order chi connectivity index (χ1) is 6.72. The first kappa shape index (κ1) is 11.2. The van der Waals surface area contributed by atoms with Crippen molar-refractivity contribution in [2.75, 3.05) is 13.1 Å². The Morgan fingerprint density at radius 1 is 1.50 bits per heavy atom. The molecule has 80 valence electrons. The van der Waals surface area contributed by atoms with Crippen LogP contribution in [0, 0.1) is 0 Å². The number of esters is 1. The van der Waals surface area contributed by atoms with E-state index >= 15 is 0 Å². The quantitative estimate of drug-likeness (QED) is 0.416. The Kier molecular flexibility index (Phi) is 4.62. The lowest BCUT2D eigenvalue weighted by molar-refractivity contribution is -0.146. The standard InChI is InChI=1S/C10H18N2O2/c1-3-10(13)14-9(2)11-12-7-5-4-6-8-12/h3,9,11H,1,4-8H2,2H3. The third-order valence-electron chi connectivity index (χ3n) is 2.18. The predicted molar refractivity (Wildman–Crippen MR) is 54.3 cm³/mol. The smallest absolute Gasteiger partial charge is 0.331 e. The molecule has 0 amide bonds. The fourth-order valence-electron chi connectivity index (χ4n) is 1.53. The summed E-state index contributed by atoms with van der Waals surface area (Å²) in [5.74, 6) is -0.387. The van der Waals surface area contributed by atoms with Gasteiger partial charge >= 0.3 is 5.97 Å². The van der Waals surface area contributed by atoms with Crippen molar-refractivity contribution in [2.24, 2.45) is 0 Å². The first-order valence-electron chi connectivity index (χ1n) is 5.06. The molecule has 1 fully saturated rings. The maximum Gasteiger partial charge on any atom is 0.331 e. The van der Waals surface area contributed by atoms with E-state index < -0.39 is 0 Å². The molecule has 1 N–H and O–H groups in total. The Bertz CT molecular complexity index is 200. The number of nitrogens with one attached hydrogen (secondary N) is 1. The van der Waals surface area contributed by atoms with E-state index in [1.165, 1.54) is 25.3 Å². The zero-order chi connectivity index (χ0) is 10.4. The van der Waals surface area contributed by atoms with Gasteiger partial charge in [-0.05, 0) is 19.8 Å². The highest BCUT2D eigenvalue weighted by atomic mass is 16.6. The number of carbonyl (C=O) groups excluding carboxylic acids is 1. The van der Waals surface area contributed by atoms with E-state index in [9.17, 15) is 4.79 Å². The monoisotopic (exact) mass is 198 g/mol. The van der Waals surface area contributed by atoms with Gasteiger partial charge in [-0.15, -0.1) is 0 Å². The zero-order valence-electron chi connectivity index (χ0n) is 8.66. The Morgan fingerprint density at radius 3 is 2.71 bits per heavy atom. The Balaban J connectivity index is 2.21. The van der Waals surface area contributed by atoms with E-state index in [0.29, 0.717) is 0 Å². The maximum absolute atomic E-state index is 10.9. The number of hydrogen-bond acceptors (Lipinski definition) is 4. The molecule has 0 aliphatic carbocycles. The molecule has 4 nitrogen and oxygen atoms in total. The summed E-state index contributed by atoms with van der Waals surface area (Å²) in [6, 6.07) is 0. The van der Waals surface area contributed by atoms with Gasteiger partial charge in [-0.25, -0.2) is 15.2 Å². The average Bonchev–Trinajstić information content (AvgIpc) is 2.19. The summed E-state index contributed by atoms with van der Waals surface area (Å²) >= 11 is 0. The van der Waals surface area contributed by atoms with Crippen LogP contribution in [0.1, 0.15) is 26.2 Å². The molecule has 1 aliphatic rings. The van der Waals surface area contributed by atoms with Crippen LogP contribution in [0.3, 0.4) is 0 Å². The normalized spacial score (nSPS) is 20.1. The average molecular weight is 198 g/mol. The molecule has 1 unspecified atom stereocenters. The van der Waals surface area contributed by atoms with Gasteiger partial charge in [0.05, 0.1) is 0 Å². The minimum Gasteiger partial charge on any atom is -0.442 e. The Morgan fingerprint density at radius 2 is 2.14 bits per heavy atom. The van der Waals surface area contributed by atoms with Crippen molar-refractivity contribution in [3.8, 4) is 0 Å². The maximum atomic E-state index is 10.9. The van der Waals surface area contributed by atoms with Gasteiger partial charge in [0.2, 0.25) is 0 Å². The van der Waals surface area contributed by atoms with Crippen LogP contribution < -0.4 is 5.43 Å². The molecule has 0 aromatic carbocycles. The van der Waals surface area contributed by atoms with Crippen molar-refractivity contribution in [1.82, 2.24) is 10.4 Å². The number of hydrazine groups is 1. The fourth-order valence-corrected chi connectivity index (χ4v) is 1.53. The Hall–Kier alpha value is -0.870. The molecule has 0 bridgehead atoms. The van der Waals surface area contributed by atoms with Crippen LogP contribution >= 0.6 is 0 Å². The number of hydrogen-bond donors (Lipinski definition) is 1. The van der Waals surface area contributed by atoms with E-state index in [4.69, 9.17) is 4.74 Å². The molecule has 0 radical (unpaired) electrons. The highest BCUT2D eigenvalue weighted by Gasteiger charge is 2.13. The first-order valence-corrected chi connectivity index (χ1v) is 5.06. The van der Waals surface area contributed by atoms with E-state index in [2.05, 4.69) is 17.0 Å². The molecule has 1 rings (SSSR count). The minimum atomic E-state index is -0.387. The van der Waals surface area contributed by atoms with Crippen molar-refractivity contribution >= 4 is 5.97 Å². The van der Waals surface area contributed by atoms with Crippen LogP contribution in [0.4, 0.5) is 0 Å². The molecular formula is C10H18N2O2. The van der Waals surface area contributed by atoms with Gasteiger partial charge in [-0.3, -0.25) is 0 Å². The summed E-state index contributed by atoms with van der Waals surface area (Å²) in [4.78, 5) is 10.9. The number of piperidine rings is 1. The summed E-state index contributed by atoms with van der Waals surface area (Å²) in [5, 5.41) is 2.10. The van der Waals surface area contributed by atoms with Crippen molar-refractivity contribution in [3.63, 3.8) is 0 Å². The molecule has 0 saturated carbocycles. The molecule has 1 atom stereocenters. The number of rotatable bonds is 4. The second-order valence-corrected chi connectivity index (χ2v) is 3.46. The molecule has 4 heteroatoms. The second kappa shape index (κ2) is 5.78. The predicted octanol–water partition coefficient (Wildman–Crippen LogP) is 1.05. The van der Waals surface area contributed by atoms with E-state index in [1.54, 1.807) is 0 Å². The topological polar surface area (TPSA) is 41.6 Å². The molecular weight excluding hydrogens is 180 g/mol. The number of carbonyl (C=O) groups is 1. The van der Waals surface area contributed by atoms with Gasteiger partial charge in [-0.1, -0.05) is 13.0 Å². The third-order valence-corrected chi connectivity index (χ3v) is 2.18. The van der Waals surface area contributed by atoms with Gasteiger partial charge in [0.15, 0.2) is 6.23 Å².